The summed E-state index contributed by atoms with van der Waals surface area (Å²) < 4.78 is 13.2. The number of pyridine rings is 1. The zero-order chi connectivity index (χ0) is 15.7. The lowest BCUT2D eigenvalue weighted by Crippen LogP contribution is -1.94. The molecule has 0 aliphatic rings. The number of hydrogen-bond acceptors (Lipinski definition) is 3. The van der Waals surface area contributed by atoms with Crippen LogP contribution in [-0.4, -0.2) is 23.1 Å². The molecule has 4 heteroatoms. The van der Waals surface area contributed by atoms with Crippen LogP contribution in [0.1, 0.15) is 18.1 Å². The standard InChI is InChI=1S/C18H20N2O2/c1-5-22-16-7-6-8-20-11-15(19-18(16)20)14-9-12(2)13(3)10-17(14)21-4/h6-11H,5H2,1-4H3. The van der Waals surface area contributed by atoms with Crippen LogP contribution in [0.3, 0.4) is 0 Å². The van der Waals surface area contributed by atoms with Crippen molar-refractivity contribution in [3.05, 3.63) is 47.8 Å². The molecule has 2 heterocycles. The Kier molecular flexibility index (Phi) is 3.75. The van der Waals surface area contributed by atoms with E-state index in [0.29, 0.717) is 6.61 Å². The molecule has 0 fully saturated rings. The van der Waals surface area contributed by atoms with E-state index in [4.69, 9.17) is 14.5 Å². The first-order valence-electron chi connectivity index (χ1n) is 7.40. The number of benzene rings is 1. The molecule has 3 aromatic rings. The Bertz CT molecular complexity index is 821. The molecule has 2 aromatic heterocycles. The van der Waals surface area contributed by atoms with Gasteiger partial charge in [-0.1, -0.05) is 0 Å². The number of fused-ring (bicyclic) bond motifs is 1. The van der Waals surface area contributed by atoms with Gasteiger partial charge in [-0.3, -0.25) is 0 Å². The number of ether oxygens (including phenoxy) is 2. The summed E-state index contributed by atoms with van der Waals surface area (Å²) in [5, 5.41) is 0. The summed E-state index contributed by atoms with van der Waals surface area (Å²) in [7, 11) is 1.69. The number of hydrogen-bond donors (Lipinski definition) is 0. The minimum atomic E-state index is 0.620. The topological polar surface area (TPSA) is 35.8 Å². The normalized spacial score (nSPS) is 10.9. The zero-order valence-corrected chi connectivity index (χ0v) is 13.4. The molecule has 0 bridgehead atoms. The summed E-state index contributed by atoms with van der Waals surface area (Å²) in [5.74, 6) is 1.63. The van der Waals surface area contributed by atoms with Crippen molar-refractivity contribution in [2.75, 3.05) is 13.7 Å². The maximum Gasteiger partial charge on any atom is 0.180 e. The molecule has 0 spiro atoms. The Morgan fingerprint density at radius 1 is 1.14 bits per heavy atom. The van der Waals surface area contributed by atoms with Gasteiger partial charge in [0, 0.05) is 18.0 Å². The van der Waals surface area contributed by atoms with E-state index >= 15 is 0 Å². The Hall–Kier alpha value is -2.49. The van der Waals surface area contributed by atoms with E-state index in [-0.39, 0.29) is 0 Å². The van der Waals surface area contributed by atoms with Crippen LogP contribution < -0.4 is 9.47 Å². The van der Waals surface area contributed by atoms with E-state index < -0.39 is 0 Å². The maximum absolute atomic E-state index is 5.65. The van der Waals surface area contributed by atoms with Gasteiger partial charge < -0.3 is 13.9 Å². The van der Waals surface area contributed by atoms with Gasteiger partial charge >= 0.3 is 0 Å². The summed E-state index contributed by atoms with van der Waals surface area (Å²) in [6, 6.07) is 8.07. The molecule has 114 valence electrons. The highest BCUT2D eigenvalue weighted by Crippen LogP contribution is 2.33. The Morgan fingerprint density at radius 2 is 1.91 bits per heavy atom. The number of aryl methyl sites for hydroxylation is 2. The summed E-state index contributed by atoms with van der Waals surface area (Å²) in [6.45, 7) is 6.77. The van der Waals surface area contributed by atoms with Crippen molar-refractivity contribution in [2.45, 2.75) is 20.8 Å². The third-order valence-corrected chi connectivity index (χ3v) is 3.84. The molecule has 3 rings (SSSR count). The summed E-state index contributed by atoms with van der Waals surface area (Å²) in [6.07, 6.45) is 3.98. The Morgan fingerprint density at radius 3 is 2.64 bits per heavy atom. The molecule has 1 aromatic carbocycles. The smallest absolute Gasteiger partial charge is 0.180 e. The van der Waals surface area contributed by atoms with Crippen molar-refractivity contribution in [1.29, 1.82) is 0 Å². The number of nitrogens with zero attached hydrogens (tertiary/aromatic N) is 2. The minimum absolute atomic E-state index is 0.620. The lowest BCUT2D eigenvalue weighted by Gasteiger charge is -2.09. The van der Waals surface area contributed by atoms with Gasteiger partial charge in [0.15, 0.2) is 11.4 Å². The van der Waals surface area contributed by atoms with E-state index in [1.165, 1.54) is 11.1 Å². The van der Waals surface area contributed by atoms with E-state index in [1.807, 2.05) is 35.9 Å². The van der Waals surface area contributed by atoms with Crippen LogP contribution in [0.4, 0.5) is 0 Å². The molecule has 0 unspecified atom stereocenters. The van der Waals surface area contributed by atoms with Crippen LogP contribution in [0.5, 0.6) is 11.5 Å². The lowest BCUT2D eigenvalue weighted by atomic mass is 10.0. The predicted octanol–water partition coefficient (Wildman–Crippen LogP) is 4.03. The average molecular weight is 296 g/mol. The number of rotatable bonds is 4. The molecule has 0 radical (unpaired) electrons. The fraction of sp³-hybridized carbons (Fsp3) is 0.278. The molecule has 4 nitrogen and oxygen atoms in total. The molecule has 0 amide bonds. The predicted molar refractivity (Wildman–Crippen MR) is 87.8 cm³/mol. The number of imidazole rings is 1. The molecule has 0 aliphatic carbocycles. The first kappa shape index (κ1) is 14.4. The minimum Gasteiger partial charge on any atom is -0.496 e. The van der Waals surface area contributed by atoms with Crippen LogP contribution in [0.2, 0.25) is 0 Å². The van der Waals surface area contributed by atoms with Gasteiger partial charge in [0.05, 0.1) is 19.4 Å². The molecular weight excluding hydrogens is 276 g/mol. The zero-order valence-electron chi connectivity index (χ0n) is 13.4. The van der Waals surface area contributed by atoms with Crippen LogP contribution in [0, 0.1) is 13.8 Å². The third-order valence-electron chi connectivity index (χ3n) is 3.84. The van der Waals surface area contributed by atoms with Crippen molar-refractivity contribution in [1.82, 2.24) is 9.38 Å². The van der Waals surface area contributed by atoms with Gasteiger partial charge in [-0.25, -0.2) is 4.98 Å². The second-order valence-corrected chi connectivity index (χ2v) is 5.30. The first-order valence-corrected chi connectivity index (χ1v) is 7.40. The quantitative estimate of drug-likeness (QED) is 0.729. The molecule has 22 heavy (non-hydrogen) atoms. The highest BCUT2D eigenvalue weighted by Gasteiger charge is 2.13. The van der Waals surface area contributed by atoms with Crippen LogP contribution in [0.25, 0.3) is 16.9 Å². The number of methoxy groups -OCH3 is 1. The van der Waals surface area contributed by atoms with Crippen LogP contribution in [-0.2, 0) is 0 Å². The summed E-state index contributed by atoms with van der Waals surface area (Å²) in [5.41, 5.74) is 5.13. The molecular formula is C18H20N2O2. The van der Waals surface area contributed by atoms with Crippen molar-refractivity contribution in [3.8, 4) is 22.8 Å². The van der Waals surface area contributed by atoms with Crippen LogP contribution in [0.15, 0.2) is 36.7 Å². The highest BCUT2D eigenvalue weighted by atomic mass is 16.5. The second-order valence-electron chi connectivity index (χ2n) is 5.30. The summed E-state index contributed by atoms with van der Waals surface area (Å²) >= 11 is 0. The van der Waals surface area contributed by atoms with E-state index in [0.717, 1.165) is 28.4 Å². The molecule has 0 saturated heterocycles. The van der Waals surface area contributed by atoms with E-state index in [1.54, 1.807) is 7.11 Å². The third kappa shape index (κ3) is 2.41. The monoisotopic (exact) mass is 296 g/mol. The molecule has 0 atom stereocenters. The molecule has 0 saturated carbocycles. The first-order chi connectivity index (χ1) is 10.6. The van der Waals surface area contributed by atoms with Crippen molar-refractivity contribution in [3.63, 3.8) is 0 Å². The highest BCUT2D eigenvalue weighted by molar-refractivity contribution is 5.72. The molecule has 0 aliphatic heterocycles. The van der Waals surface area contributed by atoms with Gasteiger partial charge in [0.25, 0.3) is 0 Å². The van der Waals surface area contributed by atoms with Gasteiger partial charge in [0.2, 0.25) is 0 Å². The maximum atomic E-state index is 5.65. The van der Waals surface area contributed by atoms with Gasteiger partial charge in [-0.2, -0.15) is 0 Å². The van der Waals surface area contributed by atoms with Crippen molar-refractivity contribution in [2.24, 2.45) is 0 Å². The fourth-order valence-corrected chi connectivity index (χ4v) is 2.54. The molecule has 0 N–H and O–H groups in total. The average Bonchev–Trinajstić information content (AvgIpc) is 2.95. The summed E-state index contributed by atoms with van der Waals surface area (Å²) in [4.78, 5) is 4.74. The fourth-order valence-electron chi connectivity index (χ4n) is 2.54. The van der Waals surface area contributed by atoms with Gasteiger partial charge in [-0.05, 0) is 56.2 Å². The number of aromatic nitrogens is 2. The van der Waals surface area contributed by atoms with E-state index in [9.17, 15) is 0 Å². The Labute approximate surface area is 130 Å². The SMILES string of the molecule is CCOc1cccn2cc(-c3cc(C)c(C)cc3OC)nc12. The second kappa shape index (κ2) is 5.72. The van der Waals surface area contributed by atoms with Crippen LogP contribution >= 0.6 is 0 Å². The van der Waals surface area contributed by atoms with Gasteiger partial charge in [0.1, 0.15) is 5.75 Å². The lowest BCUT2D eigenvalue weighted by molar-refractivity contribution is 0.342. The van der Waals surface area contributed by atoms with Gasteiger partial charge in [-0.15, -0.1) is 0 Å². The van der Waals surface area contributed by atoms with Crippen molar-refractivity contribution >= 4 is 5.65 Å². The van der Waals surface area contributed by atoms with E-state index in [2.05, 4.69) is 26.0 Å². The largest absolute Gasteiger partial charge is 0.496 e. The van der Waals surface area contributed by atoms with Crippen molar-refractivity contribution < 1.29 is 9.47 Å². The Balaban J connectivity index is 2.19.